The number of nitrogens with one attached hydrogen (secondary N) is 1. The molecule has 3 heterocycles. The number of alkyl halides is 2. The second kappa shape index (κ2) is 9.78. The first-order valence-electron chi connectivity index (χ1n) is 12.7. The Kier molecular flexibility index (Phi) is 6.66. The van der Waals surface area contributed by atoms with E-state index >= 15 is 0 Å². The van der Waals surface area contributed by atoms with E-state index in [-0.39, 0.29) is 11.4 Å². The van der Waals surface area contributed by atoms with E-state index in [1.165, 1.54) is 18.3 Å². The van der Waals surface area contributed by atoms with Crippen molar-refractivity contribution < 1.29 is 23.8 Å². The molecule has 5 rings (SSSR count). The van der Waals surface area contributed by atoms with Gasteiger partial charge in [-0.15, -0.1) is 0 Å². The predicted molar refractivity (Wildman–Crippen MR) is 135 cm³/mol. The van der Waals surface area contributed by atoms with Crippen LogP contribution in [0.3, 0.4) is 0 Å². The van der Waals surface area contributed by atoms with Gasteiger partial charge in [0.2, 0.25) is 0 Å². The number of carboxylic acids is 1. The maximum absolute atomic E-state index is 13.1. The summed E-state index contributed by atoms with van der Waals surface area (Å²) in [7, 11) is 0. The highest BCUT2D eigenvalue weighted by atomic mass is 19.3. The van der Waals surface area contributed by atoms with Gasteiger partial charge in [0, 0.05) is 23.5 Å². The topological polar surface area (TPSA) is 108 Å². The molecule has 2 saturated carbocycles. The second-order valence-corrected chi connectivity index (χ2v) is 10.3. The molecule has 2 fully saturated rings. The van der Waals surface area contributed by atoms with Crippen LogP contribution in [0.15, 0.2) is 48.8 Å². The van der Waals surface area contributed by atoms with E-state index < -0.39 is 23.4 Å². The number of anilines is 2. The van der Waals surface area contributed by atoms with E-state index in [0.29, 0.717) is 41.5 Å². The summed E-state index contributed by atoms with van der Waals surface area (Å²) in [4.78, 5) is 25.6. The van der Waals surface area contributed by atoms with Gasteiger partial charge in [0.25, 0.3) is 6.43 Å². The summed E-state index contributed by atoms with van der Waals surface area (Å²) in [6.07, 6.45) is 5.74. The summed E-state index contributed by atoms with van der Waals surface area (Å²) in [5.41, 5.74) is -0.296. The SMILES string of the molecule is CC(O)(c1ccc(-c2cc(C3CC3)cc(Nc3cc(C(F)F)ccn3)n2)cn1)C1(C(=O)O)CCCCC1. The second-order valence-electron chi connectivity index (χ2n) is 10.3. The van der Waals surface area contributed by atoms with Crippen molar-refractivity contribution in [2.45, 2.75) is 69.8 Å². The first-order chi connectivity index (χ1) is 17.7. The van der Waals surface area contributed by atoms with Crippen LogP contribution in [0.5, 0.6) is 0 Å². The fraction of sp³-hybridized carbons (Fsp3) is 0.429. The molecule has 0 bridgehead atoms. The zero-order valence-corrected chi connectivity index (χ0v) is 20.6. The fourth-order valence-electron chi connectivity index (χ4n) is 5.34. The van der Waals surface area contributed by atoms with Gasteiger partial charge in [0.15, 0.2) is 0 Å². The van der Waals surface area contributed by atoms with E-state index in [9.17, 15) is 23.8 Å². The van der Waals surface area contributed by atoms with Crippen molar-refractivity contribution in [1.29, 1.82) is 0 Å². The standard InChI is InChI=1S/C28H30F2N4O3/c1-27(37,28(26(35)36)10-3-2-4-11-28)22-8-7-19(16-32-22)21-13-20(17-5-6-17)15-24(33-21)34-23-14-18(25(29)30)9-12-31-23/h7-9,12-17,25,37H,2-6,10-11H2,1H3,(H,35,36)(H,31,33,34). The summed E-state index contributed by atoms with van der Waals surface area (Å²) in [6, 6.07) is 9.93. The van der Waals surface area contributed by atoms with Gasteiger partial charge < -0.3 is 15.5 Å². The number of hydrogen-bond acceptors (Lipinski definition) is 6. The first-order valence-corrected chi connectivity index (χ1v) is 12.7. The van der Waals surface area contributed by atoms with Gasteiger partial charge in [-0.1, -0.05) is 19.3 Å². The molecule has 0 aliphatic heterocycles. The Balaban J connectivity index is 1.45. The molecule has 3 N–H and O–H groups in total. The lowest BCUT2D eigenvalue weighted by Gasteiger charge is -2.44. The molecule has 194 valence electrons. The van der Waals surface area contributed by atoms with E-state index in [0.717, 1.165) is 37.7 Å². The summed E-state index contributed by atoms with van der Waals surface area (Å²) in [5, 5.41) is 24.6. The van der Waals surface area contributed by atoms with Crippen LogP contribution in [0, 0.1) is 5.41 Å². The number of carboxylic acid groups (broad SMARTS) is 1. The van der Waals surface area contributed by atoms with Crippen LogP contribution < -0.4 is 5.32 Å². The molecule has 1 atom stereocenters. The van der Waals surface area contributed by atoms with Crippen LogP contribution in [-0.2, 0) is 10.4 Å². The molecule has 7 nitrogen and oxygen atoms in total. The fourth-order valence-corrected chi connectivity index (χ4v) is 5.34. The van der Waals surface area contributed by atoms with E-state index in [1.807, 2.05) is 12.1 Å². The Hall–Kier alpha value is -3.46. The Morgan fingerprint density at radius 3 is 2.46 bits per heavy atom. The summed E-state index contributed by atoms with van der Waals surface area (Å²) < 4.78 is 26.2. The molecule has 1 unspecified atom stereocenters. The molecular weight excluding hydrogens is 478 g/mol. The molecule has 0 radical (unpaired) electrons. The zero-order valence-electron chi connectivity index (χ0n) is 20.6. The lowest BCUT2D eigenvalue weighted by Crippen LogP contribution is -2.50. The minimum atomic E-state index is -2.60. The van der Waals surface area contributed by atoms with Crippen molar-refractivity contribution in [2.24, 2.45) is 5.41 Å². The van der Waals surface area contributed by atoms with E-state index in [1.54, 1.807) is 25.3 Å². The average Bonchev–Trinajstić information content (AvgIpc) is 3.75. The Labute approximate surface area is 214 Å². The van der Waals surface area contributed by atoms with Gasteiger partial charge in [-0.05, 0) is 80.5 Å². The normalized spacial score (nSPS) is 18.8. The number of halogens is 2. The van der Waals surface area contributed by atoms with Gasteiger partial charge >= 0.3 is 5.97 Å². The minimum Gasteiger partial charge on any atom is -0.481 e. The number of pyridine rings is 3. The summed E-state index contributed by atoms with van der Waals surface area (Å²) in [5.74, 6) is 0.182. The molecular formula is C28H30F2N4O3. The molecule has 3 aromatic heterocycles. The molecule has 0 amide bonds. The van der Waals surface area contributed by atoms with Crippen molar-refractivity contribution in [3.63, 3.8) is 0 Å². The number of aliphatic hydroxyl groups is 1. The largest absolute Gasteiger partial charge is 0.481 e. The first kappa shape index (κ1) is 25.2. The summed E-state index contributed by atoms with van der Waals surface area (Å²) in [6.45, 7) is 1.54. The maximum Gasteiger partial charge on any atom is 0.312 e. The molecule has 9 heteroatoms. The lowest BCUT2D eigenvalue weighted by atomic mass is 9.62. The number of aliphatic carboxylic acids is 1. The van der Waals surface area contributed by atoms with Crippen LogP contribution in [0.4, 0.5) is 20.4 Å². The molecule has 3 aromatic rings. The van der Waals surface area contributed by atoms with Gasteiger partial charge in [0.05, 0.1) is 11.4 Å². The number of carbonyl (C=O) groups is 1. The van der Waals surface area contributed by atoms with Gasteiger partial charge in [-0.25, -0.2) is 18.7 Å². The Morgan fingerprint density at radius 1 is 1.08 bits per heavy atom. The monoisotopic (exact) mass is 508 g/mol. The molecule has 0 saturated heterocycles. The molecule has 0 spiro atoms. The minimum absolute atomic E-state index is 0.125. The summed E-state index contributed by atoms with van der Waals surface area (Å²) >= 11 is 0. The highest BCUT2D eigenvalue weighted by molar-refractivity contribution is 5.77. The molecule has 37 heavy (non-hydrogen) atoms. The highest BCUT2D eigenvalue weighted by Gasteiger charge is 2.55. The zero-order chi connectivity index (χ0) is 26.2. The number of aromatic nitrogens is 3. The number of hydrogen-bond donors (Lipinski definition) is 3. The average molecular weight is 509 g/mol. The third-order valence-electron chi connectivity index (χ3n) is 7.79. The van der Waals surface area contributed by atoms with Crippen LogP contribution in [0.2, 0.25) is 0 Å². The van der Waals surface area contributed by atoms with Crippen LogP contribution in [0.25, 0.3) is 11.3 Å². The van der Waals surface area contributed by atoms with E-state index in [4.69, 9.17) is 0 Å². The lowest BCUT2D eigenvalue weighted by molar-refractivity contribution is -0.175. The van der Waals surface area contributed by atoms with Crippen molar-refractivity contribution in [2.75, 3.05) is 5.32 Å². The quantitative estimate of drug-likeness (QED) is 0.326. The Bertz CT molecular complexity index is 1290. The smallest absolute Gasteiger partial charge is 0.312 e. The van der Waals surface area contributed by atoms with Crippen LogP contribution in [-0.4, -0.2) is 31.1 Å². The highest BCUT2D eigenvalue weighted by Crippen LogP contribution is 2.50. The van der Waals surface area contributed by atoms with Crippen LogP contribution >= 0.6 is 0 Å². The van der Waals surface area contributed by atoms with Crippen molar-refractivity contribution in [1.82, 2.24) is 15.0 Å². The van der Waals surface area contributed by atoms with Crippen molar-refractivity contribution >= 4 is 17.6 Å². The van der Waals surface area contributed by atoms with E-state index in [2.05, 4.69) is 20.3 Å². The van der Waals surface area contributed by atoms with Crippen molar-refractivity contribution in [3.8, 4) is 11.3 Å². The van der Waals surface area contributed by atoms with Crippen LogP contribution in [0.1, 0.15) is 81.0 Å². The number of nitrogens with zero attached hydrogens (tertiary/aromatic N) is 3. The third-order valence-corrected chi connectivity index (χ3v) is 7.79. The maximum atomic E-state index is 13.1. The molecule has 2 aliphatic carbocycles. The third kappa shape index (κ3) is 4.92. The Morgan fingerprint density at radius 2 is 1.84 bits per heavy atom. The number of rotatable bonds is 8. The molecule has 2 aliphatic rings. The van der Waals surface area contributed by atoms with Gasteiger partial charge in [0.1, 0.15) is 22.7 Å². The van der Waals surface area contributed by atoms with Gasteiger partial charge in [-0.3, -0.25) is 9.78 Å². The van der Waals surface area contributed by atoms with Crippen molar-refractivity contribution in [3.05, 3.63) is 65.6 Å². The molecule has 0 aromatic carbocycles. The van der Waals surface area contributed by atoms with Gasteiger partial charge in [-0.2, -0.15) is 0 Å². The predicted octanol–water partition coefficient (Wildman–Crippen LogP) is 6.34.